The van der Waals surface area contributed by atoms with E-state index in [9.17, 15) is 13.2 Å². The van der Waals surface area contributed by atoms with Gasteiger partial charge in [0.15, 0.2) is 0 Å². The number of pyridine rings is 1. The number of anilines is 1. The zero-order valence-electron chi connectivity index (χ0n) is 16.4. The van der Waals surface area contributed by atoms with Gasteiger partial charge in [0, 0.05) is 42.0 Å². The Hall–Kier alpha value is -2.64. The van der Waals surface area contributed by atoms with E-state index in [2.05, 4.69) is 22.1 Å². The van der Waals surface area contributed by atoms with Crippen LogP contribution in [0.5, 0.6) is 0 Å². The standard InChI is InChI=1S/C22H19N3O3S3/c26-22(21-20(9-13-30-21)31(27,28)25-11-14-29-15-12-25)24-19-6-3-4-17(16-19)7-8-18-5-1-2-10-23-18/h1-6,9-10,13,16H,11-12,14-15H2,(H,24,26). The highest BCUT2D eigenvalue weighted by Crippen LogP contribution is 2.28. The molecule has 9 heteroatoms. The van der Waals surface area contributed by atoms with Crippen LogP contribution < -0.4 is 5.32 Å². The van der Waals surface area contributed by atoms with E-state index >= 15 is 0 Å². The first-order valence-electron chi connectivity index (χ1n) is 9.54. The molecule has 4 rings (SSSR count). The topological polar surface area (TPSA) is 79.4 Å². The molecule has 0 saturated carbocycles. The number of nitrogens with one attached hydrogen (secondary N) is 1. The average Bonchev–Trinajstić information content (AvgIpc) is 3.31. The van der Waals surface area contributed by atoms with E-state index in [1.165, 1.54) is 10.4 Å². The molecule has 1 aromatic carbocycles. The molecule has 0 radical (unpaired) electrons. The zero-order chi connectivity index (χ0) is 21.7. The Morgan fingerprint density at radius 3 is 2.68 bits per heavy atom. The van der Waals surface area contributed by atoms with Crippen LogP contribution in [0.15, 0.2) is 65.0 Å². The molecule has 6 nitrogen and oxygen atoms in total. The Balaban J connectivity index is 1.52. The number of carbonyl (C=O) groups excluding carboxylic acids is 1. The van der Waals surface area contributed by atoms with Gasteiger partial charge in [0.1, 0.15) is 15.5 Å². The molecule has 1 saturated heterocycles. The highest BCUT2D eigenvalue weighted by atomic mass is 32.2. The van der Waals surface area contributed by atoms with Crippen molar-refractivity contribution in [3.63, 3.8) is 0 Å². The summed E-state index contributed by atoms with van der Waals surface area (Å²) in [7, 11) is -3.69. The Morgan fingerprint density at radius 1 is 1.06 bits per heavy atom. The summed E-state index contributed by atoms with van der Waals surface area (Å²) < 4.78 is 27.5. The summed E-state index contributed by atoms with van der Waals surface area (Å²) >= 11 is 2.85. The van der Waals surface area contributed by atoms with Gasteiger partial charge in [-0.1, -0.05) is 18.1 Å². The molecule has 0 bridgehead atoms. The summed E-state index contributed by atoms with van der Waals surface area (Å²) in [5, 5.41) is 4.43. The Kier molecular flexibility index (Phi) is 6.73. The van der Waals surface area contributed by atoms with Crippen molar-refractivity contribution in [2.45, 2.75) is 4.90 Å². The second kappa shape index (κ2) is 9.66. The number of rotatable bonds is 4. The van der Waals surface area contributed by atoms with Crippen LogP contribution >= 0.6 is 23.1 Å². The van der Waals surface area contributed by atoms with Crippen molar-refractivity contribution in [1.82, 2.24) is 9.29 Å². The normalized spacial score (nSPS) is 14.5. The lowest BCUT2D eigenvalue weighted by molar-refractivity contribution is 0.102. The maximum Gasteiger partial charge on any atom is 0.267 e. The maximum atomic E-state index is 13.0. The fourth-order valence-electron chi connectivity index (χ4n) is 3.03. The van der Waals surface area contributed by atoms with E-state index in [-0.39, 0.29) is 9.77 Å². The number of carbonyl (C=O) groups is 1. The molecule has 2 aromatic heterocycles. The third-order valence-corrected chi connectivity index (χ3v) is 8.47. The van der Waals surface area contributed by atoms with Crippen LogP contribution in [0.2, 0.25) is 0 Å². The number of hydrogen-bond acceptors (Lipinski definition) is 6. The number of aromatic nitrogens is 1. The predicted octanol–water partition coefficient (Wildman–Crippen LogP) is 3.53. The maximum absolute atomic E-state index is 13.0. The van der Waals surface area contributed by atoms with Crippen molar-refractivity contribution < 1.29 is 13.2 Å². The van der Waals surface area contributed by atoms with Gasteiger partial charge < -0.3 is 5.32 Å². The van der Waals surface area contributed by atoms with E-state index in [0.717, 1.165) is 22.8 Å². The summed E-state index contributed by atoms with van der Waals surface area (Å²) in [4.78, 5) is 17.3. The van der Waals surface area contributed by atoms with Gasteiger partial charge >= 0.3 is 0 Å². The van der Waals surface area contributed by atoms with E-state index in [1.54, 1.807) is 41.5 Å². The number of nitrogens with zero attached hydrogens (tertiary/aromatic N) is 2. The van der Waals surface area contributed by atoms with Crippen molar-refractivity contribution in [2.24, 2.45) is 0 Å². The molecule has 3 aromatic rings. The van der Waals surface area contributed by atoms with E-state index in [1.807, 2.05) is 24.3 Å². The third kappa shape index (κ3) is 5.17. The molecule has 3 heterocycles. The van der Waals surface area contributed by atoms with Gasteiger partial charge in [0.25, 0.3) is 5.91 Å². The fraction of sp³-hybridized carbons (Fsp3) is 0.182. The van der Waals surface area contributed by atoms with Gasteiger partial charge in [-0.2, -0.15) is 16.1 Å². The Bertz CT molecular complexity index is 1240. The smallest absolute Gasteiger partial charge is 0.267 e. The first-order valence-corrected chi connectivity index (χ1v) is 13.0. The van der Waals surface area contributed by atoms with E-state index in [0.29, 0.717) is 30.0 Å². The van der Waals surface area contributed by atoms with Crippen LogP contribution in [-0.4, -0.2) is 48.2 Å². The third-order valence-electron chi connectivity index (χ3n) is 4.54. The van der Waals surface area contributed by atoms with Crippen LogP contribution in [0, 0.1) is 11.8 Å². The van der Waals surface area contributed by atoms with Crippen LogP contribution in [-0.2, 0) is 10.0 Å². The monoisotopic (exact) mass is 469 g/mol. The van der Waals surface area contributed by atoms with Gasteiger partial charge in [-0.05, 0) is 47.7 Å². The van der Waals surface area contributed by atoms with Crippen molar-refractivity contribution >= 4 is 44.7 Å². The van der Waals surface area contributed by atoms with Crippen molar-refractivity contribution in [2.75, 3.05) is 29.9 Å². The lowest BCUT2D eigenvalue weighted by Gasteiger charge is -2.25. The van der Waals surface area contributed by atoms with Crippen molar-refractivity contribution in [1.29, 1.82) is 0 Å². The van der Waals surface area contributed by atoms with E-state index in [4.69, 9.17) is 0 Å². The molecule has 158 valence electrons. The second-order valence-electron chi connectivity index (χ2n) is 6.63. The number of thiophene rings is 1. The number of thioether (sulfide) groups is 1. The molecule has 1 aliphatic heterocycles. The summed E-state index contributed by atoms with van der Waals surface area (Å²) in [5.41, 5.74) is 1.92. The van der Waals surface area contributed by atoms with Crippen LogP contribution in [0.3, 0.4) is 0 Å². The highest BCUT2D eigenvalue weighted by molar-refractivity contribution is 7.99. The largest absolute Gasteiger partial charge is 0.321 e. The molecule has 0 spiro atoms. The summed E-state index contributed by atoms with van der Waals surface area (Å²) in [5.74, 6) is 7.07. The molecular formula is C22H19N3O3S3. The van der Waals surface area contributed by atoms with Crippen molar-refractivity contribution in [3.05, 3.63) is 76.2 Å². The highest BCUT2D eigenvalue weighted by Gasteiger charge is 2.31. The van der Waals surface area contributed by atoms with Crippen LogP contribution in [0.1, 0.15) is 20.9 Å². The number of hydrogen-bond donors (Lipinski definition) is 1. The minimum atomic E-state index is -3.69. The minimum absolute atomic E-state index is 0.0630. The molecule has 0 aliphatic carbocycles. The number of sulfonamides is 1. The first kappa shape index (κ1) is 21.6. The molecule has 1 aliphatic rings. The summed E-state index contributed by atoms with van der Waals surface area (Å²) in [6.07, 6.45) is 1.68. The van der Waals surface area contributed by atoms with Gasteiger partial charge in [-0.25, -0.2) is 13.4 Å². The minimum Gasteiger partial charge on any atom is -0.321 e. The molecule has 0 unspecified atom stereocenters. The molecule has 0 atom stereocenters. The quantitative estimate of drug-likeness (QED) is 0.592. The molecule has 1 fully saturated rings. The Morgan fingerprint density at radius 2 is 1.90 bits per heavy atom. The Labute approximate surface area is 189 Å². The fourth-order valence-corrected chi connectivity index (χ4v) is 6.90. The lowest BCUT2D eigenvalue weighted by Crippen LogP contribution is -2.38. The van der Waals surface area contributed by atoms with Gasteiger partial charge in [0.05, 0.1) is 0 Å². The number of amides is 1. The summed E-state index contributed by atoms with van der Waals surface area (Å²) in [6.45, 7) is 0.918. The average molecular weight is 470 g/mol. The van der Waals surface area contributed by atoms with Crippen LogP contribution in [0.25, 0.3) is 0 Å². The molecule has 1 N–H and O–H groups in total. The van der Waals surface area contributed by atoms with Gasteiger partial charge in [-0.15, -0.1) is 11.3 Å². The van der Waals surface area contributed by atoms with Crippen molar-refractivity contribution in [3.8, 4) is 11.8 Å². The second-order valence-corrected chi connectivity index (χ2v) is 10.7. The predicted molar refractivity (Wildman–Crippen MR) is 125 cm³/mol. The van der Waals surface area contributed by atoms with Gasteiger partial charge in [-0.3, -0.25) is 4.79 Å². The number of benzene rings is 1. The molecule has 1 amide bonds. The lowest BCUT2D eigenvalue weighted by atomic mass is 10.2. The SMILES string of the molecule is O=C(Nc1cccc(C#Cc2ccccn2)c1)c1sccc1S(=O)(=O)N1CCSCC1. The molecule has 31 heavy (non-hydrogen) atoms. The first-order chi connectivity index (χ1) is 15.0. The summed E-state index contributed by atoms with van der Waals surface area (Å²) in [6, 6.07) is 14.1. The van der Waals surface area contributed by atoms with Gasteiger partial charge in [0.2, 0.25) is 10.0 Å². The molecular weight excluding hydrogens is 450 g/mol. The van der Waals surface area contributed by atoms with Crippen LogP contribution in [0.4, 0.5) is 5.69 Å². The van der Waals surface area contributed by atoms with E-state index < -0.39 is 15.9 Å². The zero-order valence-corrected chi connectivity index (χ0v) is 18.9.